The number of halogens is 1. The quantitative estimate of drug-likeness (QED) is 0.844. The summed E-state index contributed by atoms with van der Waals surface area (Å²) in [6.45, 7) is 2.00. The van der Waals surface area contributed by atoms with E-state index >= 15 is 0 Å². The summed E-state index contributed by atoms with van der Waals surface area (Å²) < 4.78 is 0. The zero-order chi connectivity index (χ0) is 10.7. The van der Waals surface area contributed by atoms with Crippen molar-refractivity contribution < 1.29 is 9.90 Å². The van der Waals surface area contributed by atoms with Gasteiger partial charge in [0.2, 0.25) is 0 Å². The molecule has 1 unspecified atom stereocenters. The van der Waals surface area contributed by atoms with Gasteiger partial charge in [0.05, 0.1) is 17.5 Å². The van der Waals surface area contributed by atoms with E-state index in [2.05, 4.69) is 0 Å². The van der Waals surface area contributed by atoms with Crippen molar-refractivity contribution >= 4 is 29.5 Å². The number of aliphatic hydroxyl groups excluding tert-OH is 1. The predicted molar refractivity (Wildman–Crippen MR) is 67.6 cm³/mol. The highest BCUT2D eigenvalue weighted by molar-refractivity contribution is 7.12. The summed E-state index contributed by atoms with van der Waals surface area (Å²) in [4.78, 5) is 14.6. The highest BCUT2D eigenvalue weighted by Gasteiger charge is 2.20. The summed E-state index contributed by atoms with van der Waals surface area (Å²) in [5.41, 5.74) is 0. The Balaban J connectivity index is 0.00000128. The maximum absolute atomic E-state index is 11.8. The van der Waals surface area contributed by atoms with Crippen molar-refractivity contribution in [3.63, 3.8) is 0 Å². The largest absolute Gasteiger partial charge is 0.392 e. The molecule has 5 heteroatoms. The van der Waals surface area contributed by atoms with Crippen LogP contribution in [-0.4, -0.2) is 41.5 Å². The molecule has 0 saturated carbocycles. The first-order valence-corrected chi connectivity index (χ1v) is 6.11. The third-order valence-electron chi connectivity index (χ3n) is 2.64. The first kappa shape index (κ1) is 13.6. The van der Waals surface area contributed by atoms with Gasteiger partial charge >= 0.3 is 0 Å². The minimum atomic E-state index is -0.255. The first-order valence-electron chi connectivity index (χ1n) is 5.23. The molecule has 1 fully saturated rings. The second-order valence-corrected chi connectivity index (χ2v) is 4.88. The van der Waals surface area contributed by atoms with Crippen molar-refractivity contribution in [2.45, 2.75) is 18.9 Å². The van der Waals surface area contributed by atoms with E-state index in [-0.39, 0.29) is 24.3 Å². The Bertz CT molecular complexity index is 329. The van der Waals surface area contributed by atoms with Gasteiger partial charge in [0, 0.05) is 6.54 Å². The zero-order valence-corrected chi connectivity index (χ0v) is 10.6. The molecule has 0 amide bonds. The van der Waals surface area contributed by atoms with Gasteiger partial charge in [-0.3, -0.25) is 9.69 Å². The van der Waals surface area contributed by atoms with Gasteiger partial charge in [0.1, 0.15) is 0 Å². The molecule has 1 aromatic rings. The van der Waals surface area contributed by atoms with Crippen LogP contribution in [0.5, 0.6) is 0 Å². The highest BCUT2D eigenvalue weighted by Crippen LogP contribution is 2.13. The van der Waals surface area contributed by atoms with E-state index in [4.69, 9.17) is 0 Å². The van der Waals surface area contributed by atoms with Gasteiger partial charge in [-0.2, -0.15) is 0 Å². The molecule has 1 aliphatic heterocycles. The SMILES string of the molecule is Cl.O=C(CN1CCCC(O)C1)c1cccs1. The topological polar surface area (TPSA) is 40.5 Å². The number of carbonyl (C=O) groups excluding carboxylic acids is 1. The molecule has 1 atom stereocenters. The molecule has 1 saturated heterocycles. The van der Waals surface area contributed by atoms with Crippen LogP contribution < -0.4 is 0 Å². The van der Waals surface area contributed by atoms with E-state index in [0.717, 1.165) is 24.3 Å². The van der Waals surface area contributed by atoms with Crippen LogP contribution in [0.1, 0.15) is 22.5 Å². The van der Waals surface area contributed by atoms with Crippen molar-refractivity contribution in [1.82, 2.24) is 4.90 Å². The van der Waals surface area contributed by atoms with Gasteiger partial charge in [0.15, 0.2) is 5.78 Å². The monoisotopic (exact) mass is 261 g/mol. The average Bonchev–Trinajstić information content (AvgIpc) is 2.70. The van der Waals surface area contributed by atoms with Crippen molar-refractivity contribution in [3.05, 3.63) is 22.4 Å². The van der Waals surface area contributed by atoms with E-state index in [1.54, 1.807) is 0 Å². The minimum Gasteiger partial charge on any atom is -0.392 e. The number of hydrogen-bond donors (Lipinski definition) is 1. The Hall–Kier alpha value is -0.420. The molecule has 0 radical (unpaired) electrons. The van der Waals surface area contributed by atoms with Crippen LogP contribution in [0.2, 0.25) is 0 Å². The first-order chi connectivity index (χ1) is 7.25. The number of thiophene rings is 1. The van der Waals surface area contributed by atoms with Crippen LogP contribution >= 0.6 is 23.7 Å². The fraction of sp³-hybridized carbons (Fsp3) is 0.545. The normalized spacial score (nSPS) is 21.4. The van der Waals surface area contributed by atoms with Gasteiger partial charge in [0.25, 0.3) is 0 Å². The fourth-order valence-corrected chi connectivity index (χ4v) is 2.55. The van der Waals surface area contributed by atoms with Gasteiger partial charge in [-0.15, -0.1) is 23.7 Å². The van der Waals surface area contributed by atoms with E-state index in [0.29, 0.717) is 13.1 Å². The molecule has 1 aliphatic rings. The number of ketones is 1. The third kappa shape index (κ3) is 3.56. The number of Topliss-reactive ketones (excluding diaryl/α,β-unsaturated/α-hetero) is 1. The summed E-state index contributed by atoms with van der Waals surface area (Å²) in [7, 11) is 0. The Morgan fingerprint density at radius 3 is 3.06 bits per heavy atom. The lowest BCUT2D eigenvalue weighted by Crippen LogP contribution is -2.40. The van der Waals surface area contributed by atoms with Crippen LogP contribution in [-0.2, 0) is 0 Å². The van der Waals surface area contributed by atoms with Crippen LogP contribution in [0.4, 0.5) is 0 Å². The van der Waals surface area contributed by atoms with Gasteiger partial charge in [-0.1, -0.05) is 6.07 Å². The zero-order valence-electron chi connectivity index (χ0n) is 8.96. The summed E-state index contributed by atoms with van der Waals surface area (Å²) in [5, 5.41) is 11.4. The molecule has 0 aromatic carbocycles. The van der Waals surface area contributed by atoms with Gasteiger partial charge in [-0.25, -0.2) is 0 Å². The van der Waals surface area contributed by atoms with E-state index in [9.17, 15) is 9.90 Å². The summed E-state index contributed by atoms with van der Waals surface area (Å²) in [6, 6.07) is 3.75. The standard InChI is InChI=1S/C11H15NO2S.ClH/c13-9-3-1-5-12(7-9)8-10(14)11-4-2-6-15-11;/h2,4,6,9,13H,1,3,5,7-8H2;1H. The summed E-state index contributed by atoms with van der Waals surface area (Å²) >= 11 is 1.48. The van der Waals surface area contributed by atoms with Gasteiger partial charge < -0.3 is 5.11 Å². The molecule has 3 nitrogen and oxygen atoms in total. The molecule has 1 aromatic heterocycles. The maximum atomic E-state index is 11.8. The smallest absolute Gasteiger partial charge is 0.186 e. The minimum absolute atomic E-state index is 0. The Morgan fingerprint density at radius 2 is 2.44 bits per heavy atom. The number of likely N-dealkylation sites (tertiary alicyclic amines) is 1. The number of β-amino-alcohol motifs (C(OH)–C–C–N with tert-alkyl or cyclic N) is 1. The highest BCUT2D eigenvalue weighted by atomic mass is 35.5. The number of carbonyl (C=O) groups is 1. The molecular weight excluding hydrogens is 246 g/mol. The summed E-state index contributed by atoms with van der Waals surface area (Å²) in [6.07, 6.45) is 1.60. The number of piperidine rings is 1. The number of nitrogens with zero attached hydrogens (tertiary/aromatic N) is 1. The third-order valence-corrected chi connectivity index (χ3v) is 3.55. The molecule has 0 bridgehead atoms. The Labute approximate surface area is 105 Å². The fourth-order valence-electron chi connectivity index (χ4n) is 1.89. The van der Waals surface area contributed by atoms with Crippen molar-refractivity contribution in [2.75, 3.05) is 19.6 Å². The summed E-state index contributed by atoms with van der Waals surface area (Å²) in [5.74, 6) is 0.166. The van der Waals surface area contributed by atoms with Crippen LogP contribution in [0.25, 0.3) is 0 Å². The van der Waals surface area contributed by atoms with Crippen LogP contribution in [0.3, 0.4) is 0 Å². The van der Waals surface area contributed by atoms with Gasteiger partial charge in [-0.05, 0) is 30.8 Å². The van der Waals surface area contributed by atoms with Crippen molar-refractivity contribution in [3.8, 4) is 0 Å². The van der Waals surface area contributed by atoms with Crippen LogP contribution in [0.15, 0.2) is 17.5 Å². The second kappa shape index (κ2) is 6.35. The molecular formula is C11H16ClNO2S. The Morgan fingerprint density at radius 1 is 1.62 bits per heavy atom. The molecule has 1 N–H and O–H groups in total. The molecule has 2 rings (SSSR count). The molecule has 0 aliphatic carbocycles. The Kier molecular flexibility index (Phi) is 5.41. The second-order valence-electron chi connectivity index (χ2n) is 3.93. The lowest BCUT2D eigenvalue weighted by molar-refractivity contribution is 0.0636. The van der Waals surface area contributed by atoms with E-state index < -0.39 is 0 Å². The predicted octanol–water partition coefficient (Wildman–Crippen LogP) is 1.81. The molecule has 16 heavy (non-hydrogen) atoms. The lowest BCUT2D eigenvalue weighted by atomic mass is 10.1. The van der Waals surface area contributed by atoms with Crippen LogP contribution in [0, 0.1) is 0 Å². The molecule has 90 valence electrons. The number of rotatable bonds is 3. The van der Waals surface area contributed by atoms with E-state index in [1.165, 1.54) is 11.3 Å². The number of hydrogen-bond acceptors (Lipinski definition) is 4. The average molecular weight is 262 g/mol. The maximum Gasteiger partial charge on any atom is 0.186 e. The van der Waals surface area contributed by atoms with Crippen molar-refractivity contribution in [1.29, 1.82) is 0 Å². The lowest BCUT2D eigenvalue weighted by Gasteiger charge is -2.29. The molecule has 2 heterocycles. The molecule has 0 spiro atoms. The number of aliphatic hydroxyl groups is 1. The van der Waals surface area contributed by atoms with Crippen molar-refractivity contribution in [2.24, 2.45) is 0 Å². The van der Waals surface area contributed by atoms with E-state index in [1.807, 2.05) is 22.4 Å².